The summed E-state index contributed by atoms with van der Waals surface area (Å²) in [5.74, 6) is -0.136. The van der Waals surface area contributed by atoms with E-state index in [4.69, 9.17) is 0 Å². The highest BCUT2D eigenvalue weighted by atomic mass is 16.2. The molecule has 0 radical (unpaired) electrons. The zero-order valence-corrected chi connectivity index (χ0v) is 14.4. The third-order valence-electron chi connectivity index (χ3n) is 4.96. The summed E-state index contributed by atoms with van der Waals surface area (Å²) in [7, 11) is 2.09. The van der Waals surface area contributed by atoms with Gasteiger partial charge in [-0.15, -0.1) is 0 Å². The van der Waals surface area contributed by atoms with E-state index < -0.39 is 0 Å². The van der Waals surface area contributed by atoms with Crippen LogP contribution >= 0.6 is 0 Å². The number of amides is 2. The predicted molar refractivity (Wildman–Crippen MR) is 90.6 cm³/mol. The van der Waals surface area contributed by atoms with Crippen molar-refractivity contribution < 1.29 is 9.59 Å². The van der Waals surface area contributed by atoms with Gasteiger partial charge < -0.3 is 4.90 Å². The summed E-state index contributed by atoms with van der Waals surface area (Å²) >= 11 is 0. The average molecular weight is 315 g/mol. The van der Waals surface area contributed by atoms with E-state index in [2.05, 4.69) is 16.8 Å². The molecule has 1 unspecified atom stereocenters. The fraction of sp³-hybridized carbons (Fsp3) is 0.556. The summed E-state index contributed by atoms with van der Waals surface area (Å²) in [6.45, 7) is 9.56. The Morgan fingerprint density at radius 3 is 2.09 bits per heavy atom. The van der Waals surface area contributed by atoms with Crippen LogP contribution in [0.15, 0.2) is 12.1 Å². The van der Waals surface area contributed by atoms with E-state index in [0.717, 1.165) is 48.6 Å². The maximum absolute atomic E-state index is 12.9. The molecule has 1 atom stereocenters. The smallest absolute Gasteiger partial charge is 0.251 e. The minimum absolute atomic E-state index is 0.0605. The lowest BCUT2D eigenvalue weighted by molar-refractivity contribution is -0.123. The van der Waals surface area contributed by atoms with Crippen LogP contribution in [0, 0.1) is 20.8 Å². The molecule has 2 amide bonds. The van der Waals surface area contributed by atoms with Crippen LogP contribution in [0.2, 0.25) is 0 Å². The first kappa shape index (κ1) is 16.1. The van der Waals surface area contributed by atoms with Gasteiger partial charge >= 0.3 is 0 Å². The van der Waals surface area contributed by atoms with Gasteiger partial charge in [0.1, 0.15) is 0 Å². The van der Waals surface area contributed by atoms with E-state index in [1.54, 1.807) is 0 Å². The van der Waals surface area contributed by atoms with Crippen LogP contribution in [0.1, 0.15) is 23.1 Å². The lowest BCUT2D eigenvalue weighted by Crippen LogP contribution is -2.51. The van der Waals surface area contributed by atoms with Crippen LogP contribution in [0.3, 0.4) is 0 Å². The summed E-state index contributed by atoms with van der Waals surface area (Å²) in [5, 5.41) is 0. The van der Waals surface area contributed by atoms with Crippen molar-refractivity contribution in [1.82, 2.24) is 9.80 Å². The second-order valence-corrected chi connectivity index (χ2v) is 6.87. The molecule has 2 aliphatic heterocycles. The van der Waals surface area contributed by atoms with Crippen LogP contribution < -0.4 is 4.90 Å². The molecule has 2 saturated heterocycles. The number of rotatable bonds is 2. The number of anilines is 1. The number of carbonyl (C=O) groups excluding carboxylic acids is 2. The Labute approximate surface area is 137 Å². The summed E-state index contributed by atoms with van der Waals surface area (Å²) in [6, 6.07) is 3.77. The Kier molecular flexibility index (Phi) is 4.25. The third kappa shape index (κ3) is 2.91. The Bertz CT molecular complexity index is 625. The number of piperazine rings is 1. The number of carbonyl (C=O) groups is 2. The highest BCUT2D eigenvalue weighted by Gasteiger charge is 2.44. The molecule has 0 aromatic heterocycles. The zero-order valence-electron chi connectivity index (χ0n) is 14.4. The Hall–Kier alpha value is -1.72. The average Bonchev–Trinajstić information content (AvgIpc) is 2.75. The highest BCUT2D eigenvalue weighted by molar-refractivity contribution is 6.23. The van der Waals surface area contributed by atoms with E-state index in [0.29, 0.717) is 6.42 Å². The number of aryl methyl sites for hydroxylation is 3. The summed E-state index contributed by atoms with van der Waals surface area (Å²) in [5.41, 5.74) is 3.91. The Balaban J connectivity index is 1.88. The first-order valence-corrected chi connectivity index (χ1v) is 8.25. The molecule has 0 saturated carbocycles. The maximum atomic E-state index is 12.9. The normalized spacial score (nSPS) is 23.8. The summed E-state index contributed by atoms with van der Waals surface area (Å²) < 4.78 is 0. The molecule has 1 aromatic rings. The Morgan fingerprint density at radius 2 is 1.52 bits per heavy atom. The SMILES string of the molecule is Cc1cc(C)c(N2C(=O)CC(N3CCN(C)CC3)C2=O)c(C)c1. The molecule has 5 nitrogen and oxygen atoms in total. The number of hydrogen-bond donors (Lipinski definition) is 0. The molecule has 0 spiro atoms. The van der Waals surface area contributed by atoms with E-state index in [-0.39, 0.29) is 17.9 Å². The highest BCUT2D eigenvalue weighted by Crippen LogP contribution is 2.32. The van der Waals surface area contributed by atoms with Crippen molar-refractivity contribution in [2.45, 2.75) is 33.2 Å². The quantitative estimate of drug-likeness (QED) is 0.776. The van der Waals surface area contributed by atoms with Gasteiger partial charge in [0.15, 0.2) is 0 Å². The minimum Gasteiger partial charge on any atom is -0.304 e. The molecule has 0 aliphatic carbocycles. The minimum atomic E-state index is -0.295. The molecule has 3 rings (SSSR count). The van der Waals surface area contributed by atoms with Gasteiger partial charge in [-0.2, -0.15) is 0 Å². The van der Waals surface area contributed by atoms with Crippen LogP contribution in [0.25, 0.3) is 0 Å². The second-order valence-electron chi connectivity index (χ2n) is 6.87. The van der Waals surface area contributed by atoms with E-state index >= 15 is 0 Å². The van der Waals surface area contributed by atoms with Crippen molar-refractivity contribution in [2.24, 2.45) is 0 Å². The zero-order chi connectivity index (χ0) is 16.7. The van der Waals surface area contributed by atoms with Crippen LogP contribution in [0.5, 0.6) is 0 Å². The summed E-state index contributed by atoms with van der Waals surface area (Å²) in [4.78, 5) is 31.3. The van der Waals surface area contributed by atoms with Crippen molar-refractivity contribution in [3.05, 3.63) is 28.8 Å². The van der Waals surface area contributed by atoms with Crippen LogP contribution in [-0.2, 0) is 9.59 Å². The van der Waals surface area contributed by atoms with E-state index in [1.165, 1.54) is 4.90 Å². The van der Waals surface area contributed by atoms with Crippen molar-refractivity contribution >= 4 is 17.5 Å². The molecule has 23 heavy (non-hydrogen) atoms. The largest absolute Gasteiger partial charge is 0.304 e. The number of hydrogen-bond acceptors (Lipinski definition) is 4. The van der Waals surface area contributed by atoms with Crippen LogP contribution in [0.4, 0.5) is 5.69 Å². The molecule has 0 bridgehead atoms. The number of imide groups is 1. The van der Waals surface area contributed by atoms with Gasteiger partial charge in [-0.3, -0.25) is 14.5 Å². The number of likely N-dealkylation sites (N-methyl/N-ethyl adjacent to an activating group) is 1. The molecular weight excluding hydrogens is 290 g/mol. The molecule has 0 N–H and O–H groups in total. The maximum Gasteiger partial charge on any atom is 0.251 e. The number of nitrogens with zero attached hydrogens (tertiary/aromatic N) is 3. The molecule has 2 fully saturated rings. The van der Waals surface area contributed by atoms with Crippen LogP contribution in [-0.4, -0.2) is 60.9 Å². The topological polar surface area (TPSA) is 43.9 Å². The summed E-state index contributed by atoms with van der Waals surface area (Å²) in [6.07, 6.45) is 0.301. The first-order chi connectivity index (χ1) is 10.9. The fourth-order valence-electron chi connectivity index (χ4n) is 3.79. The lowest BCUT2D eigenvalue weighted by Gasteiger charge is -2.35. The lowest BCUT2D eigenvalue weighted by atomic mass is 10.0. The van der Waals surface area contributed by atoms with Crippen molar-refractivity contribution in [3.63, 3.8) is 0 Å². The molecule has 1 aromatic carbocycles. The van der Waals surface area contributed by atoms with Crippen molar-refractivity contribution in [2.75, 3.05) is 38.1 Å². The molecule has 124 valence electrons. The third-order valence-corrected chi connectivity index (χ3v) is 4.96. The van der Waals surface area contributed by atoms with E-state index in [1.807, 2.05) is 32.9 Å². The van der Waals surface area contributed by atoms with Crippen molar-refractivity contribution in [1.29, 1.82) is 0 Å². The molecule has 2 heterocycles. The predicted octanol–water partition coefficient (Wildman–Crippen LogP) is 1.49. The van der Waals surface area contributed by atoms with Gasteiger partial charge in [-0.25, -0.2) is 4.90 Å². The van der Waals surface area contributed by atoms with Gasteiger partial charge in [0.05, 0.1) is 18.2 Å². The van der Waals surface area contributed by atoms with Gasteiger partial charge in [-0.1, -0.05) is 17.7 Å². The fourth-order valence-corrected chi connectivity index (χ4v) is 3.79. The van der Waals surface area contributed by atoms with Gasteiger partial charge in [0.2, 0.25) is 5.91 Å². The Morgan fingerprint density at radius 1 is 0.957 bits per heavy atom. The molecule has 5 heteroatoms. The number of benzene rings is 1. The molecular formula is C18H25N3O2. The van der Waals surface area contributed by atoms with Gasteiger partial charge in [0, 0.05) is 26.2 Å². The van der Waals surface area contributed by atoms with Gasteiger partial charge in [0.25, 0.3) is 5.91 Å². The van der Waals surface area contributed by atoms with Crippen molar-refractivity contribution in [3.8, 4) is 0 Å². The van der Waals surface area contributed by atoms with Gasteiger partial charge in [-0.05, 0) is 38.9 Å². The standard InChI is InChI=1S/C18H25N3O2/c1-12-9-13(2)17(14(3)10-12)21-16(22)11-15(18(21)23)20-7-5-19(4)6-8-20/h9-10,15H,5-8,11H2,1-4H3. The van der Waals surface area contributed by atoms with E-state index in [9.17, 15) is 9.59 Å². The monoisotopic (exact) mass is 315 g/mol. The second kappa shape index (κ2) is 6.06. The first-order valence-electron chi connectivity index (χ1n) is 8.25. The molecule has 2 aliphatic rings.